The monoisotopic (exact) mass is 341 g/mol. The van der Waals surface area contributed by atoms with E-state index >= 15 is 0 Å². The molecule has 0 heterocycles. The van der Waals surface area contributed by atoms with Gasteiger partial charge in [0.2, 0.25) is 10.0 Å². The van der Waals surface area contributed by atoms with Crippen LogP contribution in [0.15, 0.2) is 22.7 Å². The number of sulfonamides is 1. The first-order chi connectivity index (χ1) is 7.78. The summed E-state index contributed by atoms with van der Waals surface area (Å²) >= 11 is 9.06. The van der Waals surface area contributed by atoms with Crippen LogP contribution in [0.25, 0.3) is 0 Å². The highest BCUT2D eigenvalue weighted by molar-refractivity contribution is 9.10. The minimum absolute atomic E-state index is 0.304. The van der Waals surface area contributed by atoms with E-state index in [4.69, 9.17) is 16.3 Å². The lowest BCUT2D eigenvalue weighted by Crippen LogP contribution is -2.33. The molecule has 94 valence electrons. The van der Waals surface area contributed by atoms with Crippen LogP contribution in [0.5, 0.6) is 5.75 Å². The number of carbonyl (C=O) groups excluding carboxylic acids is 1. The van der Waals surface area contributed by atoms with Crippen molar-refractivity contribution in [1.29, 1.82) is 0 Å². The average Bonchev–Trinajstić information content (AvgIpc) is 2.13. The predicted octanol–water partition coefficient (Wildman–Crippen LogP) is 1.56. The lowest BCUT2D eigenvalue weighted by Gasteiger charge is -2.07. The van der Waals surface area contributed by atoms with Gasteiger partial charge in [0.15, 0.2) is 6.61 Å². The van der Waals surface area contributed by atoms with Crippen LogP contribution < -0.4 is 9.46 Å². The van der Waals surface area contributed by atoms with Gasteiger partial charge in [-0.2, -0.15) is 0 Å². The number of amides is 1. The summed E-state index contributed by atoms with van der Waals surface area (Å²) in [5, 5.41) is 0.325. The molecule has 0 saturated carbocycles. The molecule has 17 heavy (non-hydrogen) atoms. The van der Waals surface area contributed by atoms with Crippen molar-refractivity contribution >= 4 is 43.5 Å². The molecule has 1 N–H and O–H groups in total. The zero-order valence-corrected chi connectivity index (χ0v) is 11.9. The molecule has 1 amide bonds. The molecule has 0 fully saturated rings. The van der Waals surface area contributed by atoms with Crippen LogP contribution >= 0.6 is 27.5 Å². The number of hydrogen-bond donors (Lipinski definition) is 1. The summed E-state index contributed by atoms with van der Waals surface area (Å²) in [6.07, 6.45) is 0.886. The van der Waals surface area contributed by atoms with Gasteiger partial charge in [-0.3, -0.25) is 9.52 Å². The zero-order chi connectivity index (χ0) is 13.1. The van der Waals surface area contributed by atoms with Gasteiger partial charge < -0.3 is 4.74 Å². The third-order valence-electron chi connectivity index (χ3n) is 1.55. The summed E-state index contributed by atoms with van der Waals surface area (Å²) in [6, 6.07) is 4.86. The molecular formula is C9H9BrClNO4S. The zero-order valence-electron chi connectivity index (χ0n) is 8.74. The number of carbonyl (C=O) groups is 1. The van der Waals surface area contributed by atoms with Crippen LogP contribution in [-0.4, -0.2) is 27.2 Å². The van der Waals surface area contributed by atoms with Crippen LogP contribution in [0.1, 0.15) is 0 Å². The molecule has 0 aromatic heterocycles. The van der Waals surface area contributed by atoms with E-state index in [0.29, 0.717) is 10.8 Å². The molecule has 0 aliphatic rings. The van der Waals surface area contributed by atoms with Crippen molar-refractivity contribution in [2.45, 2.75) is 0 Å². The number of hydrogen-bond acceptors (Lipinski definition) is 4. The van der Waals surface area contributed by atoms with Crippen molar-refractivity contribution in [3.8, 4) is 5.75 Å². The average molecular weight is 343 g/mol. The Kier molecular flexibility index (Phi) is 4.79. The molecule has 1 rings (SSSR count). The van der Waals surface area contributed by atoms with Gasteiger partial charge in [0.1, 0.15) is 5.75 Å². The first-order valence-electron chi connectivity index (χ1n) is 4.36. The van der Waals surface area contributed by atoms with E-state index in [9.17, 15) is 13.2 Å². The second-order valence-electron chi connectivity index (χ2n) is 3.16. The molecule has 0 unspecified atom stereocenters. The van der Waals surface area contributed by atoms with Crippen molar-refractivity contribution < 1.29 is 17.9 Å². The third kappa shape index (κ3) is 5.38. The van der Waals surface area contributed by atoms with Crippen molar-refractivity contribution in [2.75, 3.05) is 12.9 Å². The summed E-state index contributed by atoms with van der Waals surface area (Å²) in [6.45, 7) is -0.422. The highest BCUT2D eigenvalue weighted by Crippen LogP contribution is 2.27. The summed E-state index contributed by atoms with van der Waals surface area (Å²) in [5.74, 6) is -0.454. The summed E-state index contributed by atoms with van der Waals surface area (Å²) < 4.78 is 29.1. The van der Waals surface area contributed by atoms with E-state index in [0.717, 1.165) is 10.7 Å². The van der Waals surface area contributed by atoms with Crippen molar-refractivity contribution in [3.05, 3.63) is 27.7 Å². The topological polar surface area (TPSA) is 72.5 Å². The van der Waals surface area contributed by atoms with Gasteiger partial charge in [-0.05, 0) is 18.2 Å². The molecule has 1 aromatic carbocycles. The van der Waals surface area contributed by atoms with Crippen molar-refractivity contribution in [3.63, 3.8) is 0 Å². The van der Waals surface area contributed by atoms with E-state index < -0.39 is 22.5 Å². The largest absolute Gasteiger partial charge is 0.482 e. The Labute approximate surface area is 112 Å². The van der Waals surface area contributed by atoms with Gasteiger partial charge in [0.25, 0.3) is 5.91 Å². The van der Waals surface area contributed by atoms with Gasteiger partial charge in [0, 0.05) is 4.47 Å². The number of halogens is 2. The fourth-order valence-corrected chi connectivity index (χ4v) is 2.17. The Morgan fingerprint density at radius 2 is 2.18 bits per heavy atom. The number of rotatable bonds is 4. The quantitative estimate of drug-likeness (QED) is 0.901. The van der Waals surface area contributed by atoms with Gasteiger partial charge >= 0.3 is 0 Å². The number of ether oxygens (including phenoxy) is 1. The van der Waals surface area contributed by atoms with Crippen LogP contribution in [-0.2, 0) is 14.8 Å². The fourth-order valence-electron chi connectivity index (χ4n) is 0.972. The highest BCUT2D eigenvalue weighted by atomic mass is 79.9. The summed E-state index contributed by atoms with van der Waals surface area (Å²) in [7, 11) is -3.56. The molecule has 0 saturated heterocycles. The first-order valence-corrected chi connectivity index (χ1v) is 7.42. The van der Waals surface area contributed by atoms with E-state index in [1.807, 2.05) is 0 Å². The standard InChI is InChI=1S/C9H9BrClNO4S/c1-17(14,15)12-9(13)5-16-8-3-2-6(10)4-7(8)11/h2-4H,5H2,1H3,(H,12,13). The van der Waals surface area contributed by atoms with Crippen molar-refractivity contribution in [2.24, 2.45) is 0 Å². The molecule has 0 atom stereocenters. The maximum absolute atomic E-state index is 11.1. The van der Waals surface area contributed by atoms with E-state index in [1.54, 1.807) is 22.9 Å². The second kappa shape index (κ2) is 5.70. The minimum atomic E-state index is -3.56. The van der Waals surface area contributed by atoms with Gasteiger partial charge in [-0.1, -0.05) is 27.5 Å². The van der Waals surface area contributed by atoms with Crippen LogP contribution in [0.4, 0.5) is 0 Å². The maximum Gasteiger partial charge on any atom is 0.271 e. The Morgan fingerprint density at radius 3 is 2.71 bits per heavy atom. The molecule has 1 aromatic rings. The molecular weight excluding hydrogens is 334 g/mol. The van der Waals surface area contributed by atoms with E-state index in [2.05, 4.69) is 15.9 Å². The SMILES string of the molecule is CS(=O)(=O)NC(=O)COc1ccc(Br)cc1Cl. The highest BCUT2D eigenvalue weighted by Gasteiger charge is 2.10. The number of nitrogens with one attached hydrogen (secondary N) is 1. The van der Waals surface area contributed by atoms with Crippen molar-refractivity contribution in [1.82, 2.24) is 4.72 Å². The van der Waals surface area contributed by atoms with Gasteiger partial charge in [0.05, 0.1) is 11.3 Å². The molecule has 8 heteroatoms. The van der Waals surface area contributed by atoms with Gasteiger partial charge in [-0.25, -0.2) is 8.42 Å². The predicted molar refractivity (Wildman–Crippen MR) is 67.6 cm³/mol. The number of benzene rings is 1. The Hall–Kier alpha value is -0.790. The molecule has 0 spiro atoms. The minimum Gasteiger partial charge on any atom is -0.482 e. The van der Waals surface area contributed by atoms with Gasteiger partial charge in [-0.15, -0.1) is 0 Å². The summed E-state index contributed by atoms with van der Waals surface area (Å²) in [5.41, 5.74) is 0. The Balaban J connectivity index is 2.59. The maximum atomic E-state index is 11.1. The molecule has 5 nitrogen and oxygen atoms in total. The van der Waals surface area contributed by atoms with Crippen LogP contribution in [0, 0.1) is 0 Å². The normalized spacial score (nSPS) is 11.0. The van der Waals surface area contributed by atoms with Crippen LogP contribution in [0.3, 0.4) is 0 Å². The van der Waals surface area contributed by atoms with E-state index in [1.165, 1.54) is 0 Å². The Morgan fingerprint density at radius 1 is 1.53 bits per heavy atom. The first kappa shape index (κ1) is 14.3. The third-order valence-corrected chi connectivity index (χ3v) is 2.94. The molecule has 0 radical (unpaired) electrons. The lowest BCUT2D eigenvalue weighted by atomic mass is 10.3. The van der Waals surface area contributed by atoms with E-state index in [-0.39, 0.29) is 0 Å². The lowest BCUT2D eigenvalue weighted by molar-refractivity contribution is -0.121. The van der Waals surface area contributed by atoms with Crippen LogP contribution in [0.2, 0.25) is 5.02 Å². The molecule has 0 aliphatic carbocycles. The second-order valence-corrected chi connectivity index (χ2v) is 6.23. The Bertz CT molecular complexity index is 532. The molecule has 0 bridgehead atoms. The fraction of sp³-hybridized carbons (Fsp3) is 0.222. The molecule has 0 aliphatic heterocycles. The summed E-state index contributed by atoms with van der Waals surface area (Å²) in [4.78, 5) is 11.1. The smallest absolute Gasteiger partial charge is 0.271 e.